The number of aliphatic hydroxyl groups excluding tert-OH is 1. The molecule has 2 aliphatic rings. The summed E-state index contributed by atoms with van der Waals surface area (Å²) in [5.41, 5.74) is 6.57. The van der Waals surface area contributed by atoms with Crippen molar-refractivity contribution in [3.63, 3.8) is 0 Å². The highest BCUT2D eigenvalue weighted by molar-refractivity contribution is 5.13. The zero-order chi connectivity index (χ0) is 9.85. The summed E-state index contributed by atoms with van der Waals surface area (Å²) in [5, 5.41) is 9.25. The molecule has 0 aliphatic heterocycles. The van der Waals surface area contributed by atoms with Crippen molar-refractivity contribution in [2.24, 2.45) is 28.9 Å². The van der Waals surface area contributed by atoms with Gasteiger partial charge >= 0.3 is 0 Å². The van der Waals surface area contributed by atoms with Crippen molar-refractivity contribution in [2.45, 2.75) is 39.2 Å². The molecule has 76 valence electrons. The molecule has 3 N–H and O–H groups in total. The van der Waals surface area contributed by atoms with Crippen LogP contribution in [0.4, 0.5) is 0 Å². The zero-order valence-electron chi connectivity index (χ0n) is 8.88. The third kappa shape index (κ3) is 1.23. The van der Waals surface area contributed by atoms with Crippen LogP contribution in [0.15, 0.2) is 0 Å². The summed E-state index contributed by atoms with van der Waals surface area (Å²) in [5.74, 6) is 1.95. The van der Waals surface area contributed by atoms with E-state index in [0.717, 1.165) is 24.7 Å². The quantitative estimate of drug-likeness (QED) is 0.645. The Morgan fingerprint density at radius 2 is 1.92 bits per heavy atom. The van der Waals surface area contributed by atoms with E-state index in [2.05, 4.69) is 20.8 Å². The van der Waals surface area contributed by atoms with E-state index in [1.807, 2.05) is 0 Å². The first-order valence-electron chi connectivity index (χ1n) is 5.29. The average molecular weight is 183 g/mol. The second-order valence-electron chi connectivity index (χ2n) is 5.86. The van der Waals surface area contributed by atoms with Gasteiger partial charge in [0.05, 0.1) is 0 Å². The Hall–Kier alpha value is -0.0800. The standard InChI is InChI=1S/C11H21NO/c1-10(2)8-4-7(6-13)11(3,12)5-9(8)10/h7-9,13H,4-6,12H2,1-3H3. The third-order valence-corrected chi connectivity index (χ3v) is 4.64. The molecule has 4 unspecified atom stereocenters. The molecule has 0 bridgehead atoms. The van der Waals surface area contributed by atoms with Crippen LogP contribution in [0.2, 0.25) is 0 Å². The molecule has 4 atom stereocenters. The lowest BCUT2D eigenvalue weighted by Gasteiger charge is -2.36. The summed E-state index contributed by atoms with van der Waals surface area (Å²) < 4.78 is 0. The number of hydrogen-bond acceptors (Lipinski definition) is 2. The van der Waals surface area contributed by atoms with Crippen LogP contribution in [0.25, 0.3) is 0 Å². The Balaban J connectivity index is 2.13. The molecular weight excluding hydrogens is 162 g/mol. The molecule has 0 amide bonds. The lowest BCUT2D eigenvalue weighted by molar-refractivity contribution is 0.115. The van der Waals surface area contributed by atoms with Gasteiger partial charge in [-0.1, -0.05) is 13.8 Å². The summed E-state index contributed by atoms with van der Waals surface area (Å²) in [6.45, 7) is 7.02. The monoisotopic (exact) mass is 183 g/mol. The second-order valence-corrected chi connectivity index (χ2v) is 5.86. The van der Waals surface area contributed by atoms with Crippen molar-refractivity contribution < 1.29 is 5.11 Å². The molecule has 2 nitrogen and oxygen atoms in total. The molecule has 2 heteroatoms. The number of hydrogen-bond donors (Lipinski definition) is 2. The van der Waals surface area contributed by atoms with Crippen molar-refractivity contribution in [3.8, 4) is 0 Å². The lowest BCUT2D eigenvalue weighted by atomic mass is 9.75. The number of fused-ring (bicyclic) bond motifs is 1. The highest BCUT2D eigenvalue weighted by Crippen LogP contribution is 2.67. The fourth-order valence-corrected chi connectivity index (χ4v) is 3.23. The highest BCUT2D eigenvalue weighted by atomic mass is 16.3. The van der Waals surface area contributed by atoms with Gasteiger partial charge in [-0.25, -0.2) is 0 Å². The van der Waals surface area contributed by atoms with E-state index in [0.29, 0.717) is 11.3 Å². The van der Waals surface area contributed by atoms with Crippen molar-refractivity contribution in [3.05, 3.63) is 0 Å². The number of nitrogens with two attached hydrogens (primary N) is 1. The fraction of sp³-hybridized carbons (Fsp3) is 1.00. The summed E-state index contributed by atoms with van der Waals surface area (Å²) in [4.78, 5) is 0. The molecule has 0 aromatic carbocycles. The van der Waals surface area contributed by atoms with Gasteiger partial charge in [0.25, 0.3) is 0 Å². The predicted octanol–water partition coefficient (Wildman–Crippen LogP) is 1.38. The maximum atomic E-state index is 9.25. The summed E-state index contributed by atoms with van der Waals surface area (Å²) >= 11 is 0. The summed E-state index contributed by atoms with van der Waals surface area (Å²) in [6.07, 6.45) is 2.22. The maximum Gasteiger partial charge on any atom is 0.0476 e. The minimum atomic E-state index is -0.135. The molecular formula is C11H21NO. The van der Waals surface area contributed by atoms with E-state index < -0.39 is 0 Å². The molecule has 2 saturated carbocycles. The molecule has 13 heavy (non-hydrogen) atoms. The van der Waals surface area contributed by atoms with Gasteiger partial charge in [-0.3, -0.25) is 0 Å². The number of aliphatic hydroxyl groups is 1. The molecule has 0 radical (unpaired) electrons. The first kappa shape index (κ1) is 9.47. The van der Waals surface area contributed by atoms with E-state index >= 15 is 0 Å². The van der Waals surface area contributed by atoms with Gasteiger partial charge in [-0.2, -0.15) is 0 Å². The van der Waals surface area contributed by atoms with Crippen LogP contribution in [0.3, 0.4) is 0 Å². The Labute approximate surface area is 80.5 Å². The second kappa shape index (κ2) is 2.48. The van der Waals surface area contributed by atoms with Gasteiger partial charge in [-0.15, -0.1) is 0 Å². The largest absolute Gasteiger partial charge is 0.396 e. The molecule has 0 aromatic heterocycles. The Morgan fingerprint density at radius 3 is 2.46 bits per heavy atom. The van der Waals surface area contributed by atoms with Gasteiger partial charge in [-0.05, 0) is 42.9 Å². The molecule has 2 rings (SSSR count). The molecule has 0 saturated heterocycles. The predicted molar refractivity (Wildman–Crippen MR) is 53.2 cm³/mol. The van der Waals surface area contributed by atoms with Crippen LogP contribution >= 0.6 is 0 Å². The SMILES string of the molecule is CC1(N)CC2C(CC1CO)C2(C)C. The van der Waals surface area contributed by atoms with Crippen LogP contribution in [-0.4, -0.2) is 17.3 Å². The topological polar surface area (TPSA) is 46.2 Å². The van der Waals surface area contributed by atoms with Gasteiger partial charge in [0, 0.05) is 12.1 Å². The molecule has 0 heterocycles. The van der Waals surface area contributed by atoms with E-state index in [4.69, 9.17) is 5.73 Å². The van der Waals surface area contributed by atoms with Gasteiger partial charge in [0.15, 0.2) is 0 Å². The lowest BCUT2D eigenvalue weighted by Crippen LogP contribution is -2.48. The van der Waals surface area contributed by atoms with Crippen LogP contribution in [0.5, 0.6) is 0 Å². The fourth-order valence-electron chi connectivity index (χ4n) is 3.23. The van der Waals surface area contributed by atoms with Gasteiger partial charge in [0.2, 0.25) is 0 Å². The number of rotatable bonds is 1. The Morgan fingerprint density at radius 1 is 1.31 bits per heavy atom. The van der Waals surface area contributed by atoms with E-state index in [-0.39, 0.29) is 12.1 Å². The van der Waals surface area contributed by atoms with Crippen LogP contribution in [0, 0.1) is 23.2 Å². The Kier molecular flexibility index (Phi) is 1.81. The van der Waals surface area contributed by atoms with Crippen LogP contribution in [-0.2, 0) is 0 Å². The molecule has 2 fully saturated rings. The van der Waals surface area contributed by atoms with Crippen molar-refractivity contribution >= 4 is 0 Å². The summed E-state index contributed by atoms with van der Waals surface area (Å²) in [6, 6.07) is 0. The zero-order valence-corrected chi connectivity index (χ0v) is 8.88. The van der Waals surface area contributed by atoms with Crippen molar-refractivity contribution in [1.29, 1.82) is 0 Å². The maximum absolute atomic E-state index is 9.25. The van der Waals surface area contributed by atoms with Crippen molar-refractivity contribution in [1.82, 2.24) is 0 Å². The summed E-state index contributed by atoms with van der Waals surface area (Å²) in [7, 11) is 0. The van der Waals surface area contributed by atoms with E-state index in [1.165, 1.54) is 0 Å². The molecule has 2 aliphatic carbocycles. The Bertz CT molecular complexity index is 222. The third-order valence-electron chi connectivity index (χ3n) is 4.64. The highest BCUT2D eigenvalue weighted by Gasteiger charge is 2.62. The normalized spacial score (nSPS) is 52.8. The average Bonchev–Trinajstić information content (AvgIpc) is 2.50. The minimum absolute atomic E-state index is 0.135. The van der Waals surface area contributed by atoms with Gasteiger partial charge in [0.1, 0.15) is 0 Å². The van der Waals surface area contributed by atoms with E-state index in [1.54, 1.807) is 0 Å². The molecule has 0 aromatic rings. The van der Waals surface area contributed by atoms with E-state index in [9.17, 15) is 5.11 Å². The van der Waals surface area contributed by atoms with Crippen LogP contribution in [0.1, 0.15) is 33.6 Å². The van der Waals surface area contributed by atoms with Gasteiger partial charge < -0.3 is 10.8 Å². The smallest absolute Gasteiger partial charge is 0.0476 e. The molecule has 0 spiro atoms. The van der Waals surface area contributed by atoms with Crippen molar-refractivity contribution in [2.75, 3.05) is 6.61 Å². The first-order valence-corrected chi connectivity index (χ1v) is 5.29. The minimum Gasteiger partial charge on any atom is -0.396 e. The first-order chi connectivity index (χ1) is 5.89. The van der Waals surface area contributed by atoms with Crippen LogP contribution < -0.4 is 5.73 Å².